The third-order valence-electron chi connectivity index (χ3n) is 4.39. The Kier molecular flexibility index (Phi) is 5.83. The van der Waals surface area contributed by atoms with Gasteiger partial charge in [-0.3, -0.25) is 10.1 Å². The Labute approximate surface area is 157 Å². The Morgan fingerprint density at radius 3 is 2.48 bits per heavy atom. The van der Waals surface area contributed by atoms with Crippen molar-refractivity contribution in [3.05, 3.63) is 69.3 Å². The highest BCUT2D eigenvalue weighted by molar-refractivity contribution is 5.97. The smallest absolute Gasteiger partial charge is 0.338 e. The van der Waals surface area contributed by atoms with E-state index in [0.29, 0.717) is 18.8 Å². The van der Waals surface area contributed by atoms with Crippen molar-refractivity contribution in [3.63, 3.8) is 0 Å². The molecular formula is C20H20N2O5. The molecule has 1 aliphatic heterocycles. The lowest BCUT2D eigenvalue weighted by Crippen LogP contribution is -2.36. The van der Waals surface area contributed by atoms with Crippen LogP contribution in [0.3, 0.4) is 0 Å². The number of methoxy groups -OCH3 is 1. The van der Waals surface area contributed by atoms with Crippen molar-refractivity contribution in [1.82, 2.24) is 0 Å². The summed E-state index contributed by atoms with van der Waals surface area (Å²) in [7, 11) is 1.35. The number of morpholine rings is 1. The summed E-state index contributed by atoms with van der Waals surface area (Å²) in [5, 5.41) is 10.8. The number of carbonyl (C=O) groups is 1. The maximum Gasteiger partial charge on any atom is 0.338 e. The highest BCUT2D eigenvalue weighted by Crippen LogP contribution is 2.28. The average molecular weight is 368 g/mol. The second-order valence-corrected chi connectivity index (χ2v) is 6.01. The monoisotopic (exact) mass is 368 g/mol. The molecule has 0 saturated carbocycles. The largest absolute Gasteiger partial charge is 0.465 e. The van der Waals surface area contributed by atoms with Crippen LogP contribution in [-0.4, -0.2) is 44.3 Å². The number of esters is 1. The van der Waals surface area contributed by atoms with Crippen molar-refractivity contribution >= 4 is 29.5 Å². The fourth-order valence-electron chi connectivity index (χ4n) is 2.98. The van der Waals surface area contributed by atoms with Gasteiger partial charge in [0.2, 0.25) is 0 Å². The fraction of sp³-hybridized carbons (Fsp3) is 0.250. The number of nitrogens with zero attached hydrogens (tertiary/aromatic N) is 2. The number of rotatable bonds is 5. The van der Waals surface area contributed by atoms with Gasteiger partial charge in [-0.1, -0.05) is 18.2 Å². The molecule has 1 fully saturated rings. The minimum absolute atomic E-state index is 0.0381. The van der Waals surface area contributed by atoms with Crippen LogP contribution >= 0.6 is 0 Å². The van der Waals surface area contributed by atoms with E-state index < -0.39 is 10.9 Å². The molecule has 7 nitrogen and oxygen atoms in total. The molecule has 3 rings (SSSR count). The number of benzene rings is 2. The van der Waals surface area contributed by atoms with Crippen molar-refractivity contribution in [2.75, 3.05) is 38.3 Å². The first kappa shape index (κ1) is 18.6. The molecule has 0 bridgehead atoms. The predicted molar refractivity (Wildman–Crippen MR) is 103 cm³/mol. The van der Waals surface area contributed by atoms with Crippen molar-refractivity contribution in [1.29, 1.82) is 0 Å². The number of nitro benzene ring substituents is 1. The number of ether oxygens (including phenoxy) is 2. The van der Waals surface area contributed by atoms with Crippen LogP contribution in [0.15, 0.2) is 42.5 Å². The first-order valence-electron chi connectivity index (χ1n) is 8.56. The topological polar surface area (TPSA) is 81.9 Å². The predicted octanol–water partition coefficient (Wildman–Crippen LogP) is 3.39. The SMILES string of the molecule is COC(=O)c1cccc(N2CCOCC2)c1C=Cc1ccc([N+](=O)[O-])cc1. The molecular weight excluding hydrogens is 348 g/mol. The molecule has 0 N–H and O–H groups in total. The molecule has 2 aromatic rings. The maximum absolute atomic E-state index is 12.2. The summed E-state index contributed by atoms with van der Waals surface area (Å²) in [6, 6.07) is 11.8. The van der Waals surface area contributed by atoms with Crippen LogP contribution in [0, 0.1) is 10.1 Å². The molecule has 7 heteroatoms. The lowest BCUT2D eigenvalue weighted by Gasteiger charge is -2.30. The number of non-ortho nitro benzene ring substituents is 1. The van der Waals surface area contributed by atoms with Gasteiger partial charge in [0.25, 0.3) is 5.69 Å². The van der Waals surface area contributed by atoms with Gasteiger partial charge >= 0.3 is 5.97 Å². The van der Waals surface area contributed by atoms with Crippen LogP contribution in [0.1, 0.15) is 21.5 Å². The van der Waals surface area contributed by atoms with Gasteiger partial charge in [0, 0.05) is 36.5 Å². The summed E-state index contributed by atoms with van der Waals surface area (Å²) < 4.78 is 10.3. The number of hydrogen-bond donors (Lipinski definition) is 0. The molecule has 2 aromatic carbocycles. The summed E-state index contributed by atoms with van der Waals surface area (Å²) in [6.07, 6.45) is 3.67. The summed E-state index contributed by atoms with van der Waals surface area (Å²) in [4.78, 5) is 24.7. The van der Waals surface area contributed by atoms with E-state index in [1.807, 2.05) is 24.3 Å². The minimum Gasteiger partial charge on any atom is -0.465 e. The molecule has 0 amide bonds. The van der Waals surface area contributed by atoms with Gasteiger partial charge in [0.15, 0.2) is 0 Å². The molecule has 1 aliphatic rings. The van der Waals surface area contributed by atoms with Crippen LogP contribution in [0.25, 0.3) is 12.2 Å². The van der Waals surface area contributed by atoms with Crippen LogP contribution in [0.4, 0.5) is 11.4 Å². The zero-order chi connectivity index (χ0) is 19.2. The van der Waals surface area contributed by atoms with Crippen LogP contribution in [0.2, 0.25) is 0 Å². The molecule has 0 atom stereocenters. The van der Waals surface area contributed by atoms with Crippen molar-refractivity contribution in [2.45, 2.75) is 0 Å². The van der Waals surface area contributed by atoms with Crippen LogP contribution in [0.5, 0.6) is 0 Å². The van der Waals surface area contributed by atoms with E-state index in [4.69, 9.17) is 9.47 Å². The molecule has 1 saturated heterocycles. The van der Waals surface area contributed by atoms with Crippen LogP contribution in [-0.2, 0) is 9.47 Å². The van der Waals surface area contributed by atoms with E-state index >= 15 is 0 Å². The Bertz CT molecular complexity index is 855. The lowest BCUT2D eigenvalue weighted by molar-refractivity contribution is -0.384. The summed E-state index contributed by atoms with van der Waals surface area (Å²) in [6.45, 7) is 2.74. The van der Waals surface area contributed by atoms with Gasteiger partial charge in [-0.2, -0.15) is 0 Å². The number of nitro groups is 1. The standard InChI is InChI=1S/C20H20N2O5/c1-26-20(23)18-3-2-4-19(21-11-13-27-14-12-21)17(18)10-7-15-5-8-16(9-6-15)22(24)25/h2-10H,11-14H2,1H3. The van der Waals surface area contributed by atoms with E-state index in [0.717, 1.165) is 29.9 Å². The maximum atomic E-state index is 12.2. The van der Waals surface area contributed by atoms with Gasteiger partial charge in [-0.05, 0) is 29.8 Å². The summed E-state index contributed by atoms with van der Waals surface area (Å²) >= 11 is 0. The number of hydrogen-bond acceptors (Lipinski definition) is 6. The third-order valence-corrected chi connectivity index (χ3v) is 4.39. The van der Waals surface area contributed by atoms with Gasteiger partial charge in [-0.25, -0.2) is 4.79 Å². The van der Waals surface area contributed by atoms with E-state index in [2.05, 4.69) is 4.90 Å². The van der Waals surface area contributed by atoms with Crippen LogP contribution < -0.4 is 4.90 Å². The molecule has 0 unspecified atom stereocenters. The Hall–Kier alpha value is -3.19. The highest BCUT2D eigenvalue weighted by atomic mass is 16.6. The van der Waals surface area contributed by atoms with Crippen molar-refractivity contribution in [3.8, 4) is 0 Å². The zero-order valence-electron chi connectivity index (χ0n) is 15.0. The Morgan fingerprint density at radius 2 is 1.85 bits per heavy atom. The van der Waals surface area contributed by atoms with Gasteiger partial charge in [0.05, 0.1) is 30.8 Å². The molecule has 1 heterocycles. The third kappa shape index (κ3) is 4.32. The number of carbonyl (C=O) groups excluding carboxylic acids is 1. The molecule has 27 heavy (non-hydrogen) atoms. The molecule has 0 spiro atoms. The van der Waals surface area contributed by atoms with Crippen molar-refractivity contribution in [2.24, 2.45) is 0 Å². The first-order chi connectivity index (χ1) is 13.1. The minimum atomic E-state index is -0.434. The van der Waals surface area contributed by atoms with Gasteiger partial charge < -0.3 is 14.4 Å². The second kappa shape index (κ2) is 8.46. The molecule has 0 aliphatic carbocycles. The normalized spacial score (nSPS) is 14.3. The highest BCUT2D eigenvalue weighted by Gasteiger charge is 2.19. The van der Waals surface area contributed by atoms with Gasteiger partial charge in [0.1, 0.15) is 0 Å². The zero-order valence-corrected chi connectivity index (χ0v) is 15.0. The Balaban J connectivity index is 1.97. The van der Waals surface area contributed by atoms with E-state index in [9.17, 15) is 14.9 Å². The first-order valence-corrected chi connectivity index (χ1v) is 8.56. The molecule has 140 valence electrons. The van der Waals surface area contributed by atoms with E-state index in [-0.39, 0.29) is 5.69 Å². The fourth-order valence-corrected chi connectivity index (χ4v) is 2.98. The lowest BCUT2D eigenvalue weighted by atomic mass is 10.0. The molecule has 0 aromatic heterocycles. The van der Waals surface area contributed by atoms with E-state index in [1.165, 1.54) is 19.2 Å². The second-order valence-electron chi connectivity index (χ2n) is 6.01. The summed E-state index contributed by atoms with van der Waals surface area (Å²) in [5.74, 6) is -0.409. The van der Waals surface area contributed by atoms with Gasteiger partial charge in [-0.15, -0.1) is 0 Å². The van der Waals surface area contributed by atoms with E-state index in [1.54, 1.807) is 18.2 Å². The Morgan fingerprint density at radius 1 is 1.15 bits per heavy atom. The number of anilines is 1. The van der Waals surface area contributed by atoms with Crippen molar-refractivity contribution < 1.29 is 19.2 Å². The molecule has 0 radical (unpaired) electrons. The summed E-state index contributed by atoms with van der Waals surface area (Å²) in [5.41, 5.74) is 2.99. The average Bonchev–Trinajstić information content (AvgIpc) is 2.72. The quantitative estimate of drug-likeness (QED) is 0.348.